The fourth-order valence-electron chi connectivity index (χ4n) is 4.73. The maximum Gasteiger partial charge on any atom is 0.166 e. The van der Waals surface area contributed by atoms with Crippen molar-refractivity contribution in [1.82, 2.24) is 9.88 Å². The van der Waals surface area contributed by atoms with E-state index in [0.29, 0.717) is 5.78 Å². The third kappa shape index (κ3) is 4.33. The first-order valence-electron chi connectivity index (χ1n) is 11.2. The van der Waals surface area contributed by atoms with E-state index in [1.54, 1.807) is 0 Å². The molecule has 0 radical (unpaired) electrons. The largest absolute Gasteiger partial charge is 0.361 e. The number of carbonyl (C=O) groups excluding carboxylic acids is 1. The topological polar surface area (TPSA) is 36.1 Å². The average molecular weight is 409 g/mol. The van der Waals surface area contributed by atoms with Crippen LogP contribution in [0, 0.1) is 5.92 Å². The minimum Gasteiger partial charge on any atom is -0.361 e. The number of H-pyrrole nitrogens is 1. The van der Waals surface area contributed by atoms with Crippen molar-refractivity contribution in [2.24, 2.45) is 5.92 Å². The lowest BCUT2D eigenvalue weighted by atomic mass is 9.88. The summed E-state index contributed by atoms with van der Waals surface area (Å²) in [6.07, 6.45) is 5.09. The van der Waals surface area contributed by atoms with Gasteiger partial charge in [0, 0.05) is 35.1 Å². The van der Waals surface area contributed by atoms with Crippen LogP contribution in [-0.4, -0.2) is 35.3 Å². The number of nitrogens with one attached hydrogen (secondary N) is 1. The van der Waals surface area contributed by atoms with Gasteiger partial charge in [-0.25, -0.2) is 0 Å². The number of ketones is 1. The Morgan fingerprint density at radius 3 is 2.29 bits per heavy atom. The molecule has 3 aromatic carbocycles. The number of piperidine rings is 1. The number of likely N-dealkylation sites (tertiary alicyclic amines) is 1. The van der Waals surface area contributed by atoms with Crippen molar-refractivity contribution in [3.05, 3.63) is 96.2 Å². The van der Waals surface area contributed by atoms with E-state index in [-0.39, 0.29) is 5.92 Å². The van der Waals surface area contributed by atoms with Crippen molar-refractivity contribution >= 4 is 16.7 Å². The van der Waals surface area contributed by atoms with E-state index in [1.807, 2.05) is 30.3 Å². The molecular formula is C28H28N2O. The first-order chi connectivity index (χ1) is 15.3. The van der Waals surface area contributed by atoms with E-state index in [4.69, 9.17) is 0 Å². The highest BCUT2D eigenvalue weighted by atomic mass is 16.1. The van der Waals surface area contributed by atoms with Crippen LogP contribution in [-0.2, 0) is 6.42 Å². The molecule has 0 unspecified atom stereocenters. The standard InChI is InChI=1S/C28H28N2O/c31-28(23-12-10-22(11-13-23)21-6-2-1-3-7-21)24-14-17-30(18-15-24)19-16-25-20-29-27-9-5-4-8-26(25)27/h1-13,20,24,29H,14-19H2. The lowest BCUT2D eigenvalue weighted by Crippen LogP contribution is -2.37. The molecule has 0 aliphatic carbocycles. The molecule has 1 N–H and O–H groups in total. The van der Waals surface area contributed by atoms with Crippen LogP contribution in [0.2, 0.25) is 0 Å². The molecule has 3 heteroatoms. The maximum atomic E-state index is 13.0. The Bertz CT molecular complexity index is 1150. The van der Waals surface area contributed by atoms with E-state index in [2.05, 4.69) is 64.6 Å². The van der Waals surface area contributed by atoms with Gasteiger partial charge in [0.1, 0.15) is 0 Å². The van der Waals surface area contributed by atoms with E-state index < -0.39 is 0 Å². The molecule has 3 nitrogen and oxygen atoms in total. The van der Waals surface area contributed by atoms with Crippen LogP contribution < -0.4 is 0 Å². The molecule has 1 fully saturated rings. The fourth-order valence-corrected chi connectivity index (χ4v) is 4.73. The van der Waals surface area contributed by atoms with Crippen LogP contribution in [0.3, 0.4) is 0 Å². The van der Waals surface area contributed by atoms with Gasteiger partial charge in [-0.1, -0.05) is 72.8 Å². The zero-order chi connectivity index (χ0) is 21.0. The molecule has 1 aromatic heterocycles. The number of Topliss-reactive ketones (excluding diaryl/α,β-unsaturated/α-hetero) is 1. The molecular weight excluding hydrogens is 380 g/mol. The molecule has 1 saturated heterocycles. The number of para-hydroxylation sites is 1. The highest BCUT2D eigenvalue weighted by Crippen LogP contribution is 2.25. The summed E-state index contributed by atoms with van der Waals surface area (Å²) >= 11 is 0. The molecule has 31 heavy (non-hydrogen) atoms. The molecule has 0 amide bonds. The van der Waals surface area contributed by atoms with Crippen molar-refractivity contribution < 1.29 is 4.79 Å². The van der Waals surface area contributed by atoms with Crippen molar-refractivity contribution in [2.45, 2.75) is 19.3 Å². The van der Waals surface area contributed by atoms with Gasteiger partial charge in [0.05, 0.1) is 0 Å². The molecule has 0 bridgehead atoms. The summed E-state index contributed by atoms with van der Waals surface area (Å²) in [5.74, 6) is 0.447. The molecule has 5 rings (SSSR count). The molecule has 2 heterocycles. The van der Waals surface area contributed by atoms with Crippen molar-refractivity contribution in [3.8, 4) is 11.1 Å². The summed E-state index contributed by atoms with van der Waals surface area (Å²) in [4.78, 5) is 18.9. The van der Waals surface area contributed by atoms with Gasteiger partial charge in [0.25, 0.3) is 0 Å². The zero-order valence-corrected chi connectivity index (χ0v) is 17.8. The number of carbonyl (C=O) groups is 1. The third-order valence-corrected chi connectivity index (χ3v) is 6.61. The number of fused-ring (bicyclic) bond motifs is 1. The third-order valence-electron chi connectivity index (χ3n) is 6.61. The molecule has 0 saturated carbocycles. The number of aromatic amines is 1. The molecule has 4 aromatic rings. The Morgan fingerprint density at radius 1 is 0.839 bits per heavy atom. The Morgan fingerprint density at radius 2 is 1.52 bits per heavy atom. The second kappa shape index (κ2) is 8.91. The lowest BCUT2D eigenvalue weighted by molar-refractivity contribution is 0.0841. The summed E-state index contributed by atoms with van der Waals surface area (Å²) in [5.41, 5.74) is 5.78. The highest BCUT2D eigenvalue weighted by Gasteiger charge is 2.25. The summed E-state index contributed by atoms with van der Waals surface area (Å²) < 4.78 is 0. The Kier molecular flexibility index (Phi) is 5.68. The second-order valence-corrected chi connectivity index (χ2v) is 8.53. The van der Waals surface area contributed by atoms with Crippen LogP contribution in [0.25, 0.3) is 22.0 Å². The normalized spacial score (nSPS) is 15.4. The van der Waals surface area contributed by atoms with Gasteiger partial charge in [0.2, 0.25) is 0 Å². The number of hydrogen-bond donors (Lipinski definition) is 1. The van der Waals surface area contributed by atoms with Crippen molar-refractivity contribution in [1.29, 1.82) is 0 Å². The van der Waals surface area contributed by atoms with Crippen molar-refractivity contribution in [3.63, 3.8) is 0 Å². The van der Waals surface area contributed by atoms with Crippen LogP contribution in [0.1, 0.15) is 28.8 Å². The van der Waals surface area contributed by atoms with Gasteiger partial charge in [-0.15, -0.1) is 0 Å². The van der Waals surface area contributed by atoms with E-state index in [9.17, 15) is 4.79 Å². The van der Waals surface area contributed by atoms with Gasteiger partial charge in [-0.05, 0) is 55.1 Å². The van der Waals surface area contributed by atoms with Crippen molar-refractivity contribution in [2.75, 3.05) is 19.6 Å². The van der Waals surface area contributed by atoms with Gasteiger partial charge in [0.15, 0.2) is 5.78 Å². The van der Waals surface area contributed by atoms with Gasteiger partial charge in [-0.2, -0.15) is 0 Å². The maximum absolute atomic E-state index is 13.0. The molecule has 1 aliphatic heterocycles. The first-order valence-corrected chi connectivity index (χ1v) is 11.2. The Labute approximate surface area is 183 Å². The van der Waals surface area contributed by atoms with E-state index >= 15 is 0 Å². The molecule has 0 atom stereocenters. The molecule has 0 spiro atoms. The highest BCUT2D eigenvalue weighted by molar-refractivity contribution is 5.98. The van der Waals surface area contributed by atoms with E-state index in [0.717, 1.165) is 50.0 Å². The Hall–Kier alpha value is -3.17. The SMILES string of the molecule is O=C(c1ccc(-c2ccccc2)cc1)C1CCN(CCc2c[nH]c3ccccc23)CC1. The summed E-state index contributed by atoms with van der Waals surface area (Å²) in [6, 6.07) is 26.9. The smallest absolute Gasteiger partial charge is 0.166 e. The van der Waals surface area contributed by atoms with Crippen LogP contribution in [0.15, 0.2) is 85.1 Å². The Balaban J connectivity index is 1.15. The average Bonchev–Trinajstić information content (AvgIpc) is 3.26. The van der Waals surface area contributed by atoms with Crippen LogP contribution in [0.5, 0.6) is 0 Å². The monoisotopic (exact) mass is 408 g/mol. The number of rotatable bonds is 6. The predicted molar refractivity (Wildman–Crippen MR) is 127 cm³/mol. The molecule has 1 aliphatic rings. The summed E-state index contributed by atoms with van der Waals surface area (Å²) in [7, 11) is 0. The summed E-state index contributed by atoms with van der Waals surface area (Å²) in [5, 5.41) is 1.33. The quantitative estimate of drug-likeness (QED) is 0.399. The number of nitrogens with zero attached hydrogens (tertiary/aromatic N) is 1. The molecule has 156 valence electrons. The van der Waals surface area contributed by atoms with Crippen LogP contribution in [0.4, 0.5) is 0 Å². The first kappa shape index (κ1) is 19.8. The zero-order valence-electron chi connectivity index (χ0n) is 17.8. The van der Waals surface area contributed by atoms with Gasteiger partial charge in [-0.3, -0.25) is 4.79 Å². The predicted octanol–water partition coefficient (Wildman–Crippen LogP) is 5.97. The lowest BCUT2D eigenvalue weighted by Gasteiger charge is -2.31. The van der Waals surface area contributed by atoms with Gasteiger partial charge >= 0.3 is 0 Å². The second-order valence-electron chi connectivity index (χ2n) is 8.53. The number of hydrogen-bond acceptors (Lipinski definition) is 2. The fraction of sp³-hybridized carbons (Fsp3) is 0.250. The number of benzene rings is 3. The number of aromatic nitrogens is 1. The van der Waals surface area contributed by atoms with Crippen LogP contribution >= 0.6 is 0 Å². The minimum atomic E-state index is 0.145. The van der Waals surface area contributed by atoms with E-state index in [1.165, 1.54) is 22.0 Å². The van der Waals surface area contributed by atoms with Gasteiger partial charge < -0.3 is 9.88 Å². The summed E-state index contributed by atoms with van der Waals surface area (Å²) in [6.45, 7) is 3.05. The minimum absolute atomic E-state index is 0.145.